The van der Waals surface area contributed by atoms with Gasteiger partial charge in [-0.25, -0.2) is 4.39 Å². The largest absolute Gasteiger partial charge is 0.421 e. The van der Waals surface area contributed by atoms with Gasteiger partial charge >= 0.3 is 0 Å². The third kappa shape index (κ3) is 2.99. The second-order valence-electron chi connectivity index (χ2n) is 4.91. The minimum atomic E-state index is -0.289. The fraction of sp³-hybridized carbons (Fsp3) is 0.267. The molecular formula is C15H15FN4O. The maximum Gasteiger partial charge on any atom is 0.247 e. The molecule has 21 heavy (non-hydrogen) atoms. The summed E-state index contributed by atoms with van der Waals surface area (Å²) in [6, 6.07) is 8.00. The molecule has 0 radical (unpaired) electrons. The highest BCUT2D eigenvalue weighted by atomic mass is 19.1. The molecule has 6 heteroatoms. The number of aromatic nitrogens is 4. The molecule has 108 valence electrons. The predicted molar refractivity (Wildman–Crippen MR) is 75.1 cm³/mol. The molecule has 1 aromatic carbocycles. The molecule has 5 nitrogen and oxygen atoms in total. The topological polar surface area (TPSA) is 56.7 Å². The lowest BCUT2D eigenvalue weighted by atomic mass is 10.2. The molecule has 0 amide bonds. The van der Waals surface area contributed by atoms with Crippen molar-refractivity contribution in [1.82, 2.24) is 20.0 Å². The van der Waals surface area contributed by atoms with Gasteiger partial charge in [0.25, 0.3) is 0 Å². The fourth-order valence-electron chi connectivity index (χ4n) is 2.17. The molecule has 0 bridgehead atoms. The van der Waals surface area contributed by atoms with Gasteiger partial charge in [0.05, 0.1) is 5.69 Å². The van der Waals surface area contributed by atoms with Gasteiger partial charge in [0.2, 0.25) is 11.8 Å². The maximum absolute atomic E-state index is 12.9. The normalized spacial score (nSPS) is 11.0. The number of rotatable bonds is 4. The van der Waals surface area contributed by atoms with E-state index in [0.717, 1.165) is 11.4 Å². The Morgan fingerprint density at radius 1 is 1.14 bits per heavy atom. The first-order valence-corrected chi connectivity index (χ1v) is 6.71. The van der Waals surface area contributed by atoms with E-state index in [0.29, 0.717) is 30.3 Å². The summed E-state index contributed by atoms with van der Waals surface area (Å²) in [4.78, 5) is 0. The number of halogens is 1. The molecule has 0 atom stereocenters. The monoisotopic (exact) mass is 286 g/mol. The Morgan fingerprint density at radius 2 is 1.90 bits per heavy atom. The first kappa shape index (κ1) is 13.5. The van der Waals surface area contributed by atoms with Crippen LogP contribution in [0.25, 0.3) is 11.5 Å². The second kappa shape index (κ2) is 5.47. The molecule has 2 heterocycles. The van der Waals surface area contributed by atoms with E-state index < -0.39 is 0 Å². The summed E-state index contributed by atoms with van der Waals surface area (Å²) in [7, 11) is 0. The third-order valence-corrected chi connectivity index (χ3v) is 3.20. The summed E-state index contributed by atoms with van der Waals surface area (Å²) in [5.74, 6) is 0.656. The van der Waals surface area contributed by atoms with Gasteiger partial charge in [0.15, 0.2) is 0 Å². The molecule has 0 N–H and O–H groups in total. The van der Waals surface area contributed by atoms with E-state index in [9.17, 15) is 4.39 Å². The Labute approximate surface area is 121 Å². The Bertz CT molecular complexity index is 745. The molecule has 3 rings (SSSR count). The summed E-state index contributed by atoms with van der Waals surface area (Å²) in [5, 5.41) is 12.4. The first-order chi connectivity index (χ1) is 10.1. The molecule has 0 saturated heterocycles. The summed E-state index contributed by atoms with van der Waals surface area (Å²) in [5.41, 5.74) is 2.80. The third-order valence-electron chi connectivity index (χ3n) is 3.20. The van der Waals surface area contributed by atoms with Gasteiger partial charge in [-0.15, -0.1) is 10.2 Å². The lowest BCUT2D eigenvalue weighted by molar-refractivity contribution is 0.471. The molecule has 0 spiro atoms. The second-order valence-corrected chi connectivity index (χ2v) is 4.91. The summed E-state index contributed by atoms with van der Waals surface area (Å²) in [6.07, 6.45) is 0.607. The highest BCUT2D eigenvalue weighted by Gasteiger charge is 2.09. The van der Waals surface area contributed by atoms with Crippen LogP contribution in [0.1, 0.15) is 17.3 Å². The van der Waals surface area contributed by atoms with Crippen molar-refractivity contribution in [3.8, 4) is 11.5 Å². The Hall–Kier alpha value is -2.50. The summed E-state index contributed by atoms with van der Waals surface area (Å²) in [6.45, 7) is 4.66. The van der Waals surface area contributed by atoms with Crippen LogP contribution >= 0.6 is 0 Å². The zero-order valence-electron chi connectivity index (χ0n) is 11.9. The number of nitrogens with zero attached hydrogens (tertiary/aromatic N) is 4. The molecular weight excluding hydrogens is 271 g/mol. The van der Waals surface area contributed by atoms with E-state index in [4.69, 9.17) is 4.42 Å². The molecule has 0 aliphatic rings. The molecule has 2 aromatic heterocycles. The van der Waals surface area contributed by atoms with Crippen molar-refractivity contribution in [2.24, 2.45) is 0 Å². The average molecular weight is 286 g/mol. The number of hydrogen-bond acceptors (Lipinski definition) is 4. The van der Waals surface area contributed by atoms with Crippen LogP contribution in [-0.4, -0.2) is 20.0 Å². The SMILES string of the molecule is Cc1cc(C)n(CCc2nnc(-c3ccc(F)cc3)o2)n1. The van der Waals surface area contributed by atoms with Crippen LogP contribution < -0.4 is 0 Å². The van der Waals surface area contributed by atoms with E-state index in [1.54, 1.807) is 12.1 Å². The van der Waals surface area contributed by atoms with Crippen molar-refractivity contribution >= 4 is 0 Å². The van der Waals surface area contributed by atoms with Crippen LogP contribution in [0.5, 0.6) is 0 Å². The van der Waals surface area contributed by atoms with E-state index in [1.165, 1.54) is 12.1 Å². The van der Waals surface area contributed by atoms with Crippen LogP contribution in [-0.2, 0) is 13.0 Å². The van der Waals surface area contributed by atoms with Crippen LogP contribution in [0.2, 0.25) is 0 Å². The van der Waals surface area contributed by atoms with Crippen LogP contribution in [0.4, 0.5) is 4.39 Å². The average Bonchev–Trinajstić information content (AvgIpc) is 3.04. The Balaban J connectivity index is 1.70. The van der Waals surface area contributed by atoms with Gasteiger partial charge in [-0.3, -0.25) is 4.68 Å². The number of benzene rings is 1. The van der Waals surface area contributed by atoms with Gasteiger partial charge in [-0.2, -0.15) is 5.10 Å². The van der Waals surface area contributed by atoms with Gasteiger partial charge in [-0.1, -0.05) is 0 Å². The van der Waals surface area contributed by atoms with Crippen LogP contribution in [0.15, 0.2) is 34.7 Å². The van der Waals surface area contributed by atoms with Gasteiger partial charge in [0.1, 0.15) is 5.82 Å². The lowest BCUT2D eigenvalue weighted by Crippen LogP contribution is -2.05. The molecule has 0 saturated carbocycles. The molecule has 0 unspecified atom stereocenters. The predicted octanol–water partition coefficient (Wildman–Crippen LogP) is 2.93. The standard InChI is InChI=1S/C15H15FN4O/c1-10-9-11(2)20(19-10)8-7-14-17-18-15(21-14)12-3-5-13(16)6-4-12/h3-6,9H,7-8H2,1-2H3. The van der Waals surface area contributed by atoms with Crippen molar-refractivity contribution in [3.63, 3.8) is 0 Å². The Kier molecular flexibility index (Phi) is 3.51. The first-order valence-electron chi connectivity index (χ1n) is 6.71. The number of aryl methyl sites for hydroxylation is 4. The summed E-state index contributed by atoms with van der Waals surface area (Å²) < 4.78 is 20.4. The minimum Gasteiger partial charge on any atom is -0.421 e. The van der Waals surface area contributed by atoms with Crippen molar-refractivity contribution in [2.75, 3.05) is 0 Å². The van der Waals surface area contributed by atoms with E-state index in [1.807, 2.05) is 24.6 Å². The smallest absolute Gasteiger partial charge is 0.247 e. The van der Waals surface area contributed by atoms with E-state index >= 15 is 0 Å². The molecule has 0 aliphatic heterocycles. The maximum atomic E-state index is 12.9. The highest BCUT2D eigenvalue weighted by molar-refractivity contribution is 5.51. The molecule has 3 aromatic rings. The zero-order chi connectivity index (χ0) is 14.8. The lowest BCUT2D eigenvalue weighted by Gasteiger charge is -2.01. The van der Waals surface area contributed by atoms with E-state index in [-0.39, 0.29) is 5.82 Å². The van der Waals surface area contributed by atoms with Crippen molar-refractivity contribution < 1.29 is 8.81 Å². The van der Waals surface area contributed by atoms with Crippen LogP contribution in [0.3, 0.4) is 0 Å². The molecule has 0 aliphatic carbocycles. The van der Waals surface area contributed by atoms with Crippen molar-refractivity contribution in [1.29, 1.82) is 0 Å². The van der Waals surface area contributed by atoms with Gasteiger partial charge in [-0.05, 0) is 44.2 Å². The Morgan fingerprint density at radius 3 is 2.57 bits per heavy atom. The van der Waals surface area contributed by atoms with Gasteiger partial charge in [0, 0.05) is 24.2 Å². The minimum absolute atomic E-state index is 0.289. The zero-order valence-corrected chi connectivity index (χ0v) is 11.9. The van der Waals surface area contributed by atoms with Gasteiger partial charge < -0.3 is 4.42 Å². The van der Waals surface area contributed by atoms with Crippen molar-refractivity contribution in [3.05, 3.63) is 53.4 Å². The van der Waals surface area contributed by atoms with Crippen LogP contribution in [0, 0.1) is 19.7 Å². The molecule has 0 fully saturated rings. The quantitative estimate of drug-likeness (QED) is 0.740. The fourth-order valence-corrected chi connectivity index (χ4v) is 2.17. The highest BCUT2D eigenvalue weighted by Crippen LogP contribution is 2.18. The van der Waals surface area contributed by atoms with Crippen molar-refractivity contribution in [2.45, 2.75) is 26.8 Å². The summed E-state index contributed by atoms with van der Waals surface area (Å²) >= 11 is 0. The van der Waals surface area contributed by atoms with E-state index in [2.05, 4.69) is 15.3 Å². The number of hydrogen-bond donors (Lipinski definition) is 0.